The van der Waals surface area contributed by atoms with E-state index in [4.69, 9.17) is 11.5 Å². The van der Waals surface area contributed by atoms with Gasteiger partial charge in [0.1, 0.15) is 10.9 Å². The van der Waals surface area contributed by atoms with Crippen LogP contribution in [0.3, 0.4) is 0 Å². The molecule has 0 saturated carbocycles. The summed E-state index contributed by atoms with van der Waals surface area (Å²) in [6.45, 7) is 2.30. The fraction of sp³-hybridized carbons (Fsp3) is 0.148. The lowest BCUT2D eigenvalue weighted by atomic mass is 10.0. The quantitative estimate of drug-likeness (QED) is 0.312. The number of primary amides is 1. The van der Waals surface area contributed by atoms with E-state index in [2.05, 4.69) is 14.7 Å². The van der Waals surface area contributed by atoms with Gasteiger partial charge >= 0.3 is 0 Å². The van der Waals surface area contributed by atoms with E-state index in [9.17, 15) is 14.4 Å². The monoisotopic (exact) mass is 514 g/mol. The van der Waals surface area contributed by atoms with E-state index in [1.807, 2.05) is 49.4 Å². The third kappa shape index (κ3) is 5.65. The molecule has 3 amide bonds. The number of hydrogen-bond donors (Lipinski definition) is 3. The first-order valence-electron chi connectivity index (χ1n) is 11.6. The Labute approximate surface area is 218 Å². The Morgan fingerprint density at radius 3 is 2.24 bits per heavy atom. The van der Waals surface area contributed by atoms with Crippen LogP contribution < -0.4 is 21.7 Å². The lowest BCUT2D eigenvalue weighted by Crippen LogP contribution is -2.44. The predicted octanol–water partition coefficient (Wildman–Crippen LogP) is 3.49. The normalized spacial score (nSPS) is 11.5. The Balaban J connectivity index is 1.81. The van der Waals surface area contributed by atoms with Gasteiger partial charge in [-0.25, -0.2) is 0 Å². The first-order chi connectivity index (χ1) is 17.9. The zero-order valence-corrected chi connectivity index (χ0v) is 20.9. The van der Waals surface area contributed by atoms with Gasteiger partial charge in [0.05, 0.1) is 5.69 Å². The summed E-state index contributed by atoms with van der Waals surface area (Å²) in [6.07, 6.45) is 3.92. The van der Waals surface area contributed by atoms with E-state index in [1.54, 1.807) is 36.7 Å². The molecule has 4 rings (SSSR count). The van der Waals surface area contributed by atoms with Gasteiger partial charge in [-0.05, 0) is 58.9 Å². The molecule has 37 heavy (non-hydrogen) atoms. The fourth-order valence-electron chi connectivity index (χ4n) is 3.86. The first kappa shape index (κ1) is 25.5. The number of carbonyl (C=O) groups is 3. The first-order valence-corrected chi connectivity index (χ1v) is 12.4. The fourth-order valence-corrected chi connectivity index (χ4v) is 4.60. The van der Waals surface area contributed by atoms with Gasteiger partial charge in [-0.3, -0.25) is 24.3 Å². The molecule has 0 aliphatic rings. The van der Waals surface area contributed by atoms with E-state index in [1.165, 1.54) is 4.90 Å². The molecule has 0 radical (unpaired) electrons. The molecule has 0 aliphatic heterocycles. The molecule has 10 heteroatoms. The molecule has 0 spiro atoms. The molecule has 0 bridgehead atoms. The third-order valence-electron chi connectivity index (χ3n) is 5.84. The minimum Gasteiger partial charge on any atom is -0.395 e. The average Bonchev–Trinajstić information content (AvgIpc) is 3.32. The van der Waals surface area contributed by atoms with Gasteiger partial charge in [-0.15, -0.1) is 0 Å². The van der Waals surface area contributed by atoms with Crippen LogP contribution in [0.5, 0.6) is 0 Å². The molecular weight excluding hydrogens is 488 g/mol. The van der Waals surface area contributed by atoms with E-state index in [-0.39, 0.29) is 22.8 Å². The largest absolute Gasteiger partial charge is 0.395 e. The van der Waals surface area contributed by atoms with E-state index >= 15 is 0 Å². The Morgan fingerprint density at radius 1 is 0.973 bits per heavy atom. The number of carbonyl (C=O) groups excluding carboxylic acids is 3. The van der Waals surface area contributed by atoms with Gasteiger partial charge in [-0.1, -0.05) is 49.4 Å². The maximum Gasteiger partial charge on any atom is 0.273 e. The van der Waals surface area contributed by atoms with Crippen LogP contribution in [0.2, 0.25) is 0 Å². The topological polar surface area (TPSA) is 144 Å². The molecule has 0 saturated heterocycles. The molecule has 9 nitrogen and oxygen atoms in total. The van der Waals surface area contributed by atoms with E-state index in [0.29, 0.717) is 11.3 Å². The van der Waals surface area contributed by atoms with E-state index in [0.717, 1.165) is 29.1 Å². The SMILES string of the molecule is CCc1ccc(N(C(=O)c2snc(C(N)=O)c2N)C(C(=O)NCc2ccccc2)c2ccncc2)cc1. The number of amides is 3. The average molecular weight is 515 g/mol. The Hall–Kier alpha value is -4.57. The second-order valence-corrected chi connectivity index (χ2v) is 8.99. The van der Waals surface area contributed by atoms with Crippen molar-refractivity contribution >= 4 is 40.6 Å². The molecule has 2 aromatic heterocycles. The lowest BCUT2D eigenvalue weighted by Gasteiger charge is -2.31. The van der Waals surface area contributed by atoms with Crippen molar-refractivity contribution in [3.63, 3.8) is 0 Å². The zero-order chi connectivity index (χ0) is 26.4. The molecule has 5 N–H and O–H groups in total. The van der Waals surface area contributed by atoms with Crippen molar-refractivity contribution in [2.24, 2.45) is 5.73 Å². The number of benzene rings is 2. The minimum absolute atomic E-state index is 0.0169. The summed E-state index contributed by atoms with van der Waals surface area (Å²) in [6, 6.07) is 19.1. The summed E-state index contributed by atoms with van der Waals surface area (Å²) in [5, 5.41) is 2.94. The predicted molar refractivity (Wildman–Crippen MR) is 143 cm³/mol. The molecule has 4 aromatic rings. The smallest absolute Gasteiger partial charge is 0.273 e. The molecule has 0 aliphatic carbocycles. The summed E-state index contributed by atoms with van der Waals surface area (Å²) in [5.74, 6) is -1.82. The highest BCUT2D eigenvalue weighted by molar-refractivity contribution is 7.09. The number of nitrogens with one attached hydrogen (secondary N) is 1. The molecule has 0 fully saturated rings. The summed E-state index contributed by atoms with van der Waals surface area (Å²) >= 11 is 0.767. The second kappa shape index (κ2) is 11.4. The van der Waals surface area contributed by atoms with Crippen molar-refractivity contribution in [2.75, 3.05) is 10.6 Å². The number of hydrogen-bond acceptors (Lipinski definition) is 7. The van der Waals surface area contributed by atoms with Gasteiger partial charge in [0.25, 0.3) is 11.8 Å². The third-order valence-corrected chi connectivity index (χ3v) is 6.69. The molecule has 2 heterocycles. The van der Waals surface area contributed by atoms with Crippen LogP contribution in [0.25, 0.3) is 0 Å². The Bertz CT molecular complexity index is 1390. The van der Waals surface area contributed by atoms with Crippen molar-refractivity contribution < 1.29 is 14.4 Å². The zero-order valence-electron chi connectivity index (χ0n) is 20.1. The van der Waals surface area contributed by atoms with Gasteiger partial charge in [0, 0.05) is 24.6 Å². The highest BCUT2D eigenvalue weighted by Gasteiger charge is 2.36. The second-order valence-electron chi connectivity index (χ2n) is 8.22. The van der Waals surface area contributed by atoms with Gasteiger partial charge < -0.3 is 16.8 Å². The number of nitrogen functional groups attached to an aromatic ring is 1. The van der Waals surface area contributed by atoms with E-state index < -0.39 is 23.8 Å². The van der Waals surface area contributed by atoms with Crippen LogP contribution in [0, 0.1) is 0 Å². The number of aromatic nitrogens is 2. The maximum absolute atomic E-state index is 14.0. The van der Waals surface area contributed by atoms with Crippen molar-refractivity contribution in [3.05, 3.63) is 106 Å². The van der Waals surface area contributed by atoms with Gasteiger partial charge in [-0.2, -0.15) is 4.37 Å². The number of pyridine rings is 1. The number of nitrogens with zero attached hydrogens (tertiary/aromatic N) is 3. The molecule has 1 unspecified atom stereocenters. The molecular formula is C27H26N6O3S. The van der Waals surface area contributed by atoms with Crippen molar-refractivity contribution in [3.8, 4) is 0 Å². The van der Waals surface area contributed by atoms with Gasteiger partial charge in [0.15, 0.2) is 5.69 Å². The Kier molecular flexibility index (Phi) is 7.89. The summed E-state index contributed by atoms with van der Waals surface area (Å²) in [5.41, 5.74) is 14.2. The maximum atomic E-state index is 14.0. The minimum atomic E-state index is -1.06. The molecule has 1 atom stereocenters. The molecule has 188 valence electrons. The van der Waals surface area contributed by atoms with Crippen molar-refractivity contribution in [1.82, 2.24) is 14.7 Å². The van der Waals surface area contributed by atoms with Crippen molar-refractivity contribution in [1.29, 1.82) is 0 Å². The number of aryl methyl sites for hydroxylation is 1. The lowest BCUT2D eigenvalue weighted by molar-refractivity contribution is -0.122. The van der Waals surface area contributed by atoms with Crippen LogP contribution in [-0.4, -0.2) is 27.1 Å². The number of nitrogens with two attached hydrogens (primary N) is 2. The number of rotatable bonds is 9. The summed E-state index contributed by atoms with van der Waals surface area (Å²) < 4.78 is 3.98. The highest BCUT2D eigenvalue weighted by atomic mass is 32.1. The highest BCUT2D eigenvalue weighted by Crippen LogP contribution is 2.33. The van der Waals surface area contributed by atoms with Gasteiger partial charge in [0.2, 0.25) is 5.91 Å². The van der Waals surface area contributed by atoms with Crippen LogP contribution in [0.1, 0.15) is 49.8 Å². The van der Waals surface area contributed by atoms with Crippen LogP contribution in [-0.2, 0) is 17.8 Å². The van der Waals surface area contributed by atoms with Crippen LogP contribution >= 0.6 is 11.5 Å². The van der Waals surface area contributed by atoms with Crippen molar-refractivity contribution in [2.45, 2.75) is 25.9 Å². The van der Waals surface area contributed by atoms with Crippen LogP contribution in [0.15, 0.2) is 79.1 Å². The standard InChI is InChI=1S/C27H26N6O3S/c1-2-17-8-10-20(11-9-17)33(27(36)24-21(28)22(25(29)34)32-37-24)23(19-12-14-30-15-13-19)26(35)31-16-18-6-4-3-5-7-18/h3-15,23H,2,16,28H2,1H3,(H2,29,34)(H,31,35). The number of anilines is 2. The Morgan fingerprint density at radius 2 is 1.65 bits per heavy atom. The van der Waals surface area contributed by atoms with Crippen LogP contribution in [0.4, 0.5) is 11.4 Å². The summed E-state index contributed by atoms with van der Waals surface area (Å²) in [4.78, 5) is 44.9. The summed E-state index contributed by atoms with van der Waals surface area (Å²) in [7, 11) is 0. The molecule has 2 aromatic carbocycles.